The molecule has 4 nitrogen and oxygen atoms in total. The number of nitrogens with zero attached hydrogens (tertiary/aromatic N) is 3. The first-order valence-corrected chi connectivity index (χ1v) is 11.1. The van der Waals surface area contributed by atoms with Gasteiger partial charge in [0.1, 0.15) is 0 Å². The lowest BCUT2D eigenvalue weighted by Gasteiger charge is -2.31. The van der Waals surface area contributed by atoms with Crippen LogP contribution in [0, 0.1) is 20.8 Å². The fraction of sp³-hybridized carbons (Fsp3) is 0.423. The van der Waals surface area contributed by atoms with Crippen molar-refractivity contribution >= 4 is 11.5 Å². The van der Waals surface area contributed by atoms with Crippen LogP contribution >= 0.6 is 0 Å². The number of hydrogen-bond acceptors (Lipinski definition) is 3. The van der Waals surface area contributed by atoms with Crippen LogP contribution < -0.4 is 10.6 Å². The normalized spacial score (nSPS) is 14.6. The Balaban J connectivity index is 1.76. The van der Waals surface area contributed by atoms with Crippen molar-refractivity contribution in [2.75, 3.05) is 18.0 Å². The van der Waals surface area contributed by atoms with Gasteiger partial charge in [-0.15, -0.1) is 0 Å². The van der Waals surface area contributed by atoms with Crippen molar-refractivity contribution in [3.05, 3.63) is 76.0 Å². The molecule has 0 saturated carbocycles. The molecule has 0 bridgehead atoms. The average molecular weight is 403 g/mol. The molecule has 4 rings (SSSR count). The van der Waals surface area contributed by atoms with Crippen molar-refractivity contribution in [3.8, 4) is 0 Å². The first-order valence-electron chi connectivity index (χ1n) is 11.1. The highest BCUT2D eigenvalue weighted by Gasteiger charge is 2.30. The molecule has 30 heavy (non-hydrogen) atoms. The minimum Gasteiger partial charge on any atom is -0.330 e. The number of hydrogen-bond donors (Lipinski definition) is 1. The highest BCUT2D eigenvalue weighted by Crippen LogP contribution is 2.40. The monoisotopic (exact) mass is 402 g/mol. The summed E-state index contributed by atoms with van der Waals surface area (Å²) in [6, 6.07) is 15.3. The molecule has 1 aliphatic heterocycles. The first-order chi connectivity index (χ1) is 14.5. The van der Waals surface area contributed by atoms with Crippen molar-refractivity contribution in [2.45, 2.75) is 52.4 Å². The van der Waals surface area contributed by atoms with Gasteiger partial charge < -0.3 is 10.6 Å². The summed E-state index contributed by atoms with van der Waals surface area (Å²) in [7, 11) is 2.11. The maximum absolute atomic E-state index is 6.05. The molecular formula is C26H34N4. The molecule has 0 aliphatic carbocycles. The van der Waals surface area contributed by atoms with Gasteiger partial charge in [0.25, 0.3) is 0 Å². The molecule has 1 aromatic heterocycles. The summed E-state index contributed by atoms with van der Waals surface area (Å²) < 4.78 is 2.13. The van der Waals surface area contributed by atoms with Crippen LogP contribution in [0.5, 0.6) is 0 Å². The second-order valence-electron chi connectivity index (χ2n) is 8.78. The summed E-state index contributed by atoms with van der Waals surface area (Å²) in [4.78, 5) is 2.45. The molecule has 3 aromatic rings. The quantitative estimate of drug-likeness (QED) is 0.624. The van der Waals surface area contributed by atoms with Gasteiger partial charge in [0.2, 0.25) is 0 Å². The Morgan fingerprint density at radius 1 is 1.07 bits per heavy atom. The number of anilines is 2. The SMILES string of the molecule is Cc1cc(C)c(N2CCCc3c2nn(C)c3C(CCN)Cc2ccccc2)c(C)c1. The van der Waals surface area contributed by atoms with Crippen molar-refractivity contribution in [3.63, 3.8) is 0 Å². The van der Waals surface area contributed by atoms with E-state index in [9.17, 15) is 0 Å². The number of rotatable bonds is 6. The van der Waals surface area contributed by atoms with E-state index in [1.54, 1.807) is 0 Å². The first kappa shape index (κ1) is 20.7. The lowest BCUT2D eigenvalue weighted by Crippen LogP contribution is -2.26. The maximum Gasteiger partial charge on any atom is 0.158 e. The highest BCUT2D eigenvalue weighted by atomic mass is 15.4. The van der Waals surface area contributed by atoms with Crippen LogP contribution in [0.3, 0.4) is 0 Å². The molecule has 0 radical (unpaired) electrons. The Morgan fingerprint density at radius 2 is 1.77 bits per heavy atom. The second kappa shape index (κ2) is 8.65. The summed E-state index contributed by atoms with van der Waals surface area (Å²) in [5.74, 6) is 1.53. The fourth-order valence-electron chi connectivity index (χ4n) is 5.30. The third-order valence-electron chi connectivity index (χ3n) is 6.37. The van der Waals surface area contributed by atoms with Crippen LogP contribution in [0.1, 0.15) is 52.3 Å². The Hall–Kier alpha value is -2.59. The average Bonchev–Trinajstić information content (AvgIpc) is 3.04. The molecule has 0 spiro atoms. The summed E-state index contributed by atoms with van der Waals surface area (Å²) >= 11 is 0. The third kappa shape index (κ3) is 3.89. The van der Waals surface area contributed by atoms with Crippen molar-refractivity contribution < 1.29 is 0 Å². The van der Waals surface area contributed by atoms with Crippen LogP contribution in [0.2, 0.25) is 0 Å². The lowest BCUT2D eigenvalue weighted by atomic mass is 9.88. The lowest BCUT2D eigenvalue weighted by molar-refractivity contribution is 0.563. The number of nitrogens with two attached hydrogens (primary N) is 1. The molecule has 0 fully saturated rings. The van der Waals surface area contributed by atoms with Crippen molar-refractivity contribution in [1.29, 1.82) is 0 Å². The predicted octanol–water partition coefficient (Wildman–Crippen LogP) is 5.10. The largest absolute Gasteiger partial charge is 0.330 e. The third-order valence-corrected chi connectivity index (χ3v) is 6.37. The molecular weight excluding hydrogens is 368 g/mol. The predicted molar refractivity (Wildman–Crippen MR) is 126 cm³/mol. The minimum absolute atomic E-state index is 0.388. The number of benzene rings is 2. The topological polar surface area (TPSA) is 47.1 Å². The van der Waals surface area contributed by atoms with E-state index < -0.39 is 0 Å². The standard InChI is InChI=1S/C26H34N4/c1-18-15-19(2)24(20(3)16-18)30-14-8-11-23-25(29(4)28-26(23)30)22(12-13-27)17-21-9-6-5-7-10-21/h5-7,9-10,15-16,22H,8,11-14,17,27H2,1-4H3. The van der Waals surface area contributed by atoms with Gasteiger partial charge in [0, 0.05) is 36.5 Å². The van der Waals surface area contributed by atoms with Crippen LogP contribution in [-0.4, -0.2) is 22.9 Å². The molecule has 2 N–H and O–H groups in total. The highest BCUT2D eigenvalue weighted by molar-refractivity contribution is 5.71. The smallest absolute Gasteiger partial charge is 0.158 e. The van der Waals surface area contributed by atoms with Crippen LogP contribution in [0.4, 0.5) is 11.5 Å². The molecule has 1 aliphatic rings. The Morgan fingerprint density at radius 3 is 2.43 bits per heavy atom. The summed E-state index contributed by atoms with van der Waals surface area (Å²) in [6.45, 7) is 8.33. The van der Waals surface area contributed by atoms with E-state index in [4.69, 9.17) is 10.8 Å². The van der Waals surface area contributed by atoms with Gasteiger partial charge in [-0.05, 0) is 69.7 Å². The van der Waals surface area contributed by atoms with Gasteiger partial charge in [-0.1, -0.05) is 48.0 Å². The van der Waals surface area contributed by atoms with Gasteiger partial charge >= 0.3 is 0 Å². The molecule has 158 valence electrons. The van der Waals surface area contributed by atoms with E-state index in [1.165, 1.54) is 39.2 Å². The Bertz CT molecular complexity index is 996. The van der Waals surface area contributed by atoms with Crippen molar-refractivity contribution in [2.24, 2.45) is 12.8 Å². The van der Waals surface area contributed by atoms with Crippen LogP contribution in [0.25, 0.3) is 0 Å². The summed E-state index contributed by atoms with van der Waals surface area (Å²) in [5.41, 5.74) is 15.5. The van der Waals surface area contributed by atoms with Gasteiger partial charge in [-0.2, -0.15) is 5.10 Å². The van der Waals surface area contributed by atoms with Crippen LogP contribution in [0.15, 0.2) is 42.5 Å². The van der Waals surface area contributed by atoms with Crippen molar-refractivity contribution in [1.82, 2.24) is 9.78 Å². The molecule has 0 saturated heterocycles. The molecule has 2 heterocycles. The minimum atomic E-state index is 0.388. The van der Waals surface area contributed by atoms with E-state index in [0.29, 0.717) is 12.5 Å². The second-order valence-corrected chi connectivity index (χ2v) is 8.78. The zero-order valence-electron chi connectivity index (χ0n) is 18.8. The Kier molecular flexibility index (Phi) is 5.96. The van der Waals surface area contributed by atoms with E-state index >= 15 is 0 Å². The summed E-state index contributed by atoms with van der Waals surface area (Å²) in [5, 5.41) is 5.06. The van der Waals surface area contributed by atoms with Gasteiger partial charge in [-0.3, -0.25) is 4.68 Å². The summed E-state index contributed by atoms with van der Waals surface area (Å²) in [6.07, 6.45) is 4.23. The maximum atomic E-state index is 6.05. The number of aromatic nitrogens is 2. The molecule has 2 aromatic carbocycles. The molecule has 1 atom stereocenters. The van der Waals surface area contributed by atoms with Gasteiger partial charge in [0.15, 0.2) is 5.82 Å². The molecule has 1 unspecified atom stereocenters. The zero-order valence-corrected chi connectivity index (χ0v) is 18.8. The van der Waals surface area contributed by atoms with E-state index in [0.717, 1.165) is 38.0 Å². The molecule has 0 amide bonds. The zero-order chi connectivity index (χ0) is 21.3. The van der Waals surface area contributed by atoms with E-state index in [1.807, 2.05) is 0 Å². The van der Waals surface area contributed by atoms with Crippen LogP contribution in [-0.2, 0) is 19.9 Å². The number of aryl methyl sites for hydroxylation is 4. The van der Waals surface area contributed by atoms with E-state index in [-0.39, 0.29) is 0 Å². The van der Waals surface area contributed by atoms with Gasteiger partial charge in [-0.25, -0.2) is 0 Å². The molecule has 4 heteroatoms. The Labute approximate surface area is 180 Å². The van der Waals surface area contributed by atoms with E-state index in [2.05, 4.69) is 79.9 Å². The van der Waals surface area contributed by atoms with Gasteiger partial charge in [0.05, 0.1) is 0 Å². The fourth-order valence-corrected chi connectivity index (χ4v) is 5.30. The number of fused-ring (bicyclic) bond motifs is 1.